The summed E-state index contributed by atoms with van der Waals surface area (Å²) in [5, 5.41) is 2.81. The maximum Gasteiger partial charge on any atom is 0.355 e. The van der Waals surface area contributed by atoms with Crippen molar-refractivity contribution in [2.45, 2.75) is 20.3 Å². The van der Waals surface area contributed by atoms with Crippen LogP contribution in [-0.4, -0.2) is 32.1 Å². The lowest BCUT2D eigenvalue weighted by atomic mass is 10.1. The van der Waals surface area contributed by atoms with E-state index >= 15 is 0 Å². The fraction of sp³-hybridized carbons (Fsp3) is 0.250. The number of hydrogen-bond donors (Lipinski definition) is 1. The van der Waals surface area contributed by atoms with Crippen LogP contribution in [0.4, 0.5) is 11.4 Å². The van der Waals surface area contributed by atoms with E-state index in [0.717, 1.165) is 5.56 Å². The first kappa shape index (κ1) is 20.0. The van der Waals surface area contributed by atoms with E-state index in [4.69, 9.17) is 9.47 Å². The van der Waals surface area contributed by atoms with E-state index in [2.05, 4.69) is 5.32 Å². The molecule has 0 saturated heterocycles. The van der Waals surface area contributed by atoms with Gasteiger partial charge in [-0.15, -0.1) is 0 Å². The topological polar surface area (TPSA) is 84.9 Å². The summed E-state index contributed by atoms with van der Waals surface area (Å²) in [6.45, 7) is 3.63. The van der Waals surface area contributed by atoms with Crippen LogP contribution in [0.2, 0.25) is 0 Å². The predicted molar refractivity (Wildman–Crippen MR) is 102 cm³/mol. The number of hydrogen-bond acceptors (Lipinski definition) is 6. The van der Waals surface area contributed by atoms with Gasteiger partial charge in [0.1, 0.15) is 5.70 Å². The average Bonchev–Trinajstić information content (AvgIpc) is 2.90. The van der Waals surface area contributed by atoms with Gasteiger partial charge in [-0.3, -0.25) is 4.79 Å². The van der Waals surface area contributed by atoms with Crippen molar-refractivity contribution in [2.24, 2.45) is 0 Å². The lowest BCUT2D eigenvalue weighted by molar-refractivity contribution is -0.139. The highest BCUT2D eigenvalue weighted by atomic mass is 16.5. The van der Waals surface area contributed by atoms with E-state index in [1.165, 1.54) is 25.2 Å². The van der Waals surface area contributed by atoms with Crippen LogP contribution in [0.25, 0.3) is 0 Å². The molecule has 1 aliphatic rings. The number of amides is 1. The van der Waals surface area contributed by atoms with Crippen molar-refractivity contribution >= 4 is 29.2 Å². The van der Waals surface area contributed by atoms with Crippen LogP contribution in [0.5, 0.6) is 0 Å². The largest absolute Gasteiger partial charge is 0.465 e. The van der Waals surface area contributed by atoms with Crippen LogP contribution in [0.3, 0.4) is 0 Å². The van der Waals surface area contributed by atoms with E-state index in [-0.39, 0.29) is 17.2 Å². The molecule has 1 aromatic carbocycles. The molecule has 1 aliphatic heterocycles. The summed E-state index contributed by atoms with van der Waals surface area (Å²) in [5.74, 6) is -1.55. The van der Waals surface area contributed by atoms with Gasteiger partial charge in [-0.05, 0) is 36.8 Å². The molecule has 0 aromatic heterocycles. The quantitative estimate of drug-likeness (QED) is 0.803. The predicted octanol–water partition coefficient (Wildman–Crippen LogP) is 2.83. The van der Waals surface area contributed by atoms with Crippen molar-refractivity contribution < 1.29 is 23.9 Å². The number of nitrogens with one attached hydrogen (secondary N) is 1. The number of anilines is 2. The molecule has 0 saturated carbocycles. The van der Waals surface area contributed by atoms with Gasteiger partial charge >= 0.3 is 11.9 Å². The molecule has 7 nitrogen and oxygen atoms in total. The minimum atomic E-state index is -0.708. The molecule has 1 aromatic rings. The van der Waals surface area contributed by atoms with Crippen LogP contribution in [-0.2, 0) is 23.9 Å². The number of benzene rings is 1. The van der Waals surface area contributed by atoms with E-state index in [9.17, 15) is 14.4 Å². The Balaban J connectivity index is 2.70. The van der Waals surface area contributed by atoms with Gasteiger partial charge in [-0.25, -0.2) is 9.59 Å². The van der Waals surface area contributed by atoms with Crippen molar-refractivity contribution in [1.29, 1.82) is 0 Å². The molecule has 0 atom stereocenters. The fourth-order valence-corrected chi connectivity index (χ4v) is 2.54. The van der Waals surface area contributed by atoms with Gasteiger partial charge in [0.15, 0.2) is 0 Å². The Hall–Kier alpha value is -3.35. The Morgan fingerprint density at radius 1 is 1.07 bits per heavy atom. The Morgan fingerprint density at radius 3 is 2.41 bits per heavy atom. The standard InChI is InChI=1S/C20H22N2O5/c1-5-17(23)21-15-10-9-13(2)12-16(15)22-11-7-6-8-14(19(24)26-3)18(22)20(25)27-4/h6-12H,5H2,1-4H3,(H,21,23). The highest BCUT2D eigenvalue weighted by Gasteiger charge is 2.28. The maximum absolute atomic E-state index is 12.5. The average molecular weight is 370 g/mol. The Kier molecular flexibility index (Phi) is 6.54. The van der Waals surface area contributed by atoms with Crippen LogP contribution >= 0.6 is 0 Å². The van der Waals surface area contributed by atoms with Crippen LogP contribution < -0.4 is 10.2 Å². The SMILES string of the molecule is CCC(=O)Nc1ccc(C)cc1N1C=CC=CC(C(=O)OC)=C1C(=O)OC. The maximum atomic E-state index is 12.5. The first-order valence-corrected chi connectivity index (χ1v) is 8.38. The van der Waals surface area contributed by atoms with Crippen molar-refractivity contribution in [3.8, 4) is 0 Å². The van der Waals surface area contributed by atoms with E-state index in [0.29, 0.717) is 17.8 Å². The van der Waals surface area contributed by atoms with E-state index in [1.807, 2.05) is 13.0 Å². The molecule has 27 heavy (non-hydrogen) atoms. The number of allylic oxidation sites excluding steroid dienone is 2. The first-order valence-electron chi connectivity index (χ1n) is 8.38. The zero-order valence-electron chi connectivity index (χ0n) is 15.7. The number of nitrogens with zero attached hydrogens (tertiary/aromatic N) is 1. The summed E-state index contributed by atoms with van der Waals surface area (Å²) < 4.78 is 9.70. The first-order chi connectivity index (χ1) is 12.9. The molecule has 0 fully saturated rings. The zero-order chi connectivity index (χ0) is 20.0. The fourth-order valence-electron chi connectivity index (χ4n) is 2.54. The van der Waals surface area contributed by atoms with Gasteiger partial charge in [-0.2, -0.15) is 0 Å². The molecule has 2 rings (SSSR count). The third kappa shape index (κ3) is 4.44. The van der Waals surface area contributed by atoms with Gasteiger partial charge in [0, 0.05) is 12.6 Å². The third-order valence-electron chi connectivity index (χ3n) is 3.90. The summed E-state index contributed by atoms with van der Waals surface area (Å²) >= 11 is 0. The van der Waals surface area contributed by atoms with Crippen molar-refractivity contribution in [2.75, 3.05) is 24.4 Å². The normalized spacial score (nSPS) is 13.3. The summed E-state index contributed by atoms with van der Waals surface area (Å²) in [6, 6.07) is 5.40. The minimum Gasteiger partial charge on any atom is -0.465 e. The van der Waals surface area contributed by atoms with Crippen LogP contribution in [0.1, 0.15) is 18.9 Å². The number of ether oxygens (including phenoxy) is 2. The molecule has 0 unspecified atom stereocenters. The Bertz CT molecular complexity index is 852. The lowest BCUT2D eigenvalue weighted by Gasteiger charge is -2.26. The molecule has 1 N–H and O–H groups in total. The molecular weight excluding hydrogens is 348 g/mol. The van der Waals surface area contributed by atoms with Gasteiger partial charge in [-0.1, -0.05) is 19.1 Å². The smallest absolute Gasteiger partial charge is 0.355 e. The summed E-state index contributed by atoms with van der Waals surface area (Å²) in [7, 11) is 2.47. The number of carbonyl (C=O) groups is 3. The number of rotatable bonds is 5. The molecule has 7 heteroatoms. The highest BCUT2D eigenvalue weighted by Crippen LogP contribution is 2.33. The second-order valence-corrected chi connectivity index (χ2v) is 5.74. The third-order valence-corrected chi connectivity index (χ3v) is 3.90. The highest BCUT2D eigenvalue weighted by molar-refractivity contribution is 6.06. The van der Waals surface area contributed by atoms with Crippen molar-refractivity contribution in [3.63, 3.8) is 0 Å². The monoisotopic (exact) mass is 370 g/mol. The summed E-state index contributed by atoms with van der Waals surface area (Å²) in [5.41, 5.74) is 1.98. The molecule has 0 spiro atoms. The van der Waals surface area contributed by atoms with Gasteiger partial charge in [0.05, 0.1) is 31.2 Å². The molecule has 1 heterocycles. The molecule has 142 valence electrons. The van der Waals surface area contributed by atoms with Crippen molar-refractivity contribution in [3.05, 3.63) is 59.5 Å². The minimum absolute atomic E-state index is 0.00746. The van der Waals surface area contributed by atoms with Gasteiger partial charge < -0.3 is 19.7 Å². The van der Waals surface area contributed by atoms with Gasteiger partial charge in [0.2, 0.25) is 5.91 Å². The van der Waals surface area contributed by atoms with E-state index < -0.39 is 11.9 Å². The lowest BCUT2D eigenvalue weighted by Crippen LogP contribution is -2.28. The Morgan fingerprint density at radius 2 is 1.78 bits per heavy atom. The zero-order valence-corrected chi connectivity index (χ0v) is 15.7. The molecule has 1 amide bonds. The second kappa shape index (κ2) is 8.84. The van der Waals surface area contributed by atoms with Crippen LogP contribution in [0.15, 0.2) is 53.9 Å². The molecule has 0 radical (unpaired) electrons. The van der Waals surface area contributed by atoms with E-state index in [1.54, 1.807) is 37.4 Å². The summed E-state index contributed by atoms with van der Waals surface area (Å²) in [4.78, 5) is 38.2. The number of carbonyl (C=O) groups excluding carboxylic acids is 3. The summed E-state index contributed by atoms with van der Waals surface area (Å²) in [6.07, 6.45) is 6.70. The van der Waals surface area contributed by atoms with Crippen LogP contribution in [0, 0.1) is 6.92 Å². The van der Waals surface area contributed by atoms with Crippen molar-refractivity contribution in [1.82, 2.24) is 0 Å². The number of esters is 2. The second-order valence-electron chi connectivity index (χ2n) is 5.74. The number of methoxy groups -OCH3 is 2. The molecular formula is C20H22N2O5. The Labute approximate surface area is 157 Å². The molecule has 0 aliphatic carbocycles. The van der Waals surface area contributed by atoms with Gasteiger partial charge in [0.25, 0.3) is 0 Å². The number of aryl methyl sites for hydroxylation is 1. The molecule has 0 bridgehead atoms.